The number of hydrogen-bond donors (Lipinski definition) is 1. The Kier molecular flexibility index (Phi) is 3.38. The molecule has 0 saturated carbocycles. The van der Waals surface area contributed by atoms with Crippen LogP contribution < -0.4 is 19.5 Å². The van der Waals surface area contributed by atoms with Crippen LogP contribution in [-0.4, -0.2) is 31.8 Å². The molecule has 1 amide bonds. The lowest BCUT2D eigenvalue weighted by Crippen LogP contribution is -2.42. The van der Waals surface area contributed by atoms with Crippen LogP contribution >= 0.6 is 11.3 Å². The van der Waals surface area contributed by atoms with E-state index in [0.29, 0.717) is 36.2 Å². The number of thiophene rings is 1. The maximum absolute atomic E-state index is 12.5. The standard InChI is InChI=1S/C16H15NO4S/c18-16(15-14-13(9-22-15)19-5-6-20-14)17-11-7-10-3-1-2-4-12(10)21-8-11/h1-4,9,11H,5-8H2,(H,17,18). The molecule has 1 aromatic carbocycles. The molecule has 0 saturated heterocycles. The second-order valence-corrected chi connectivity index (χ2v) is 6.13. The number of fused-ring (bicyclic) bond motifs is 2. The maximum Gasteiger partial charge on any atom is 0.265 e. The zero-order valence-electron chi connectivity index (χ0n) is 11.8. The average molecular weight is 317 g/mol. The fraction of sp³-hybridized carbons (Fsp3) is 0.312. The van der Waals surface area contributed by atoms with Crippen molar-refractivity contribution in [3.63, 3.8) is 0 Å². The molecule has 1 atom stereocenters. The predicted octanol–water partition coefficient (Wildman–Crippen LogP) is 2.25. The molecular weight excluding hydrogens is 302 g/mol. The van der Waals surface area contributed by atoms with E-state index in [1.807, 2.05) is 29.6 Å². The second-order valence-electron chi connectivity index (χ2n) is 5.25. The van der Waals surface area contributed by atoms with Crippen LogP contribution in [0.25, 0.3) is 0 Å². The highest BCUT2D eigenvalue weighted by Crippen LogP contribution is 2.39. The summed E-state index contributed by atoms with van der Waals surface area (Å²) in [6, 6.07) is 7.87. The Morgan fingerprint density at radius 2 is 2.00 bits per heavy atom. The SMILES string of the molecule is O=C(NC1COc2ccccc2C1)c1scc2c1OCCO2. The summed E-state index contributed by atoms with van der Waals surface area (Å²) in [5, 5.41) is 4.84. The van der Waals surface area contributed by atoms with E-state index in [0.717, 1.165) is 17.7 Å². The van der Waals surface area contributed by atoms with Gasteiger partial charge in [-0.15, -0.1) is 11.3 Å². The molecule has 1 aromatic heterocycles. The Morgan fingerprint density at radius 1 is 1.14 bits per heavy atom. The molecule has 1 unspecified atom stereocenters. The van der Waals surface area contributed by atoms with Gasteiger partial charge in [0.15, 0.2) is 11.5 Å². The fourth-order valence-electron chi connectivity index (χ4n) is 2.69. The summed E-state index contributed by atoms with van der Waals surface area (Å²) in [6.45, 7) is 1.48. The molecule has 2 aliphatic heterocycles. The quantitative estimate of drug-likeness (QED) is 0.923. The van der Waals surface area contributed by atoms with Crippen molar-refractivity contribution in [3.05, 3.63) is 40.1 Å². The third-order valence-corrected chi connectivity index (χ3v) is 4.66. The summed E-state index contributed by atoms with van der Waals surface area (Å²) in [4.78, 5) is 13.0. The van der Waals surface area contributed by atoms with E-state index in [1.165, 1.54) is 11.3 Å². The van der Waals surface area contributed by atoms with Crippen molar-refractivity contribution < 1.29 is 19.0 Å². The van der Waals surface area contributed by atoms with Gasteiger partial charge in [0.25, 0.3) is 5.91 Å². The summed E-state index contributed by atoms with van der Waals surface area (Å²) in [5.74, 6) is 1.99. The zero-order chi connectivity index (χ0) is 14.9. The van der Waals surface area contributed by atoms with Crippen LogP contribution in [0.1, 0.15) is 15.2 Å². The second kappa shape index (κ2) is 5.53. The topological polar surface area (TPSA) is 56.8 Å². The van der Waals surface area contributed by atoms with E-state index in [1.54, 1.807) is 0 Å². The highest BCUT2D eigenvalue weighted by atomic mass is 32.1. The lowest BCUT2D eigenvalue weighted by atomic mass is 10.0. The first kappa shape index (κ1) is 13.5. The van der Waals surface area contributed by atoms with Crippen molar-refractivity contribution in [2.45, 2.75) is 12.5 Å². The summed E-state index contributed by atoms with van der Waals surface area (Å²) < 4.78 is 16.7. The summed E-state index contributed by atoms with van der Waals surface area (Å²) in [7, 11) is 0. The number of hydrogen-bond acceptors (Lipinski definition) is 5. The molecule has 5 nitrogen and oxygen atoms in total. The number of ether oxygens (including phenoxy) is 3. The van der Waals surface area contributed by atoms with Crippen LogP contribution in [0.3, 0.4) is 0 Å². The fourth-order valence-corrected chi connectivity index (χ4v) is 3.52. The Labute approximate surface area is 131 Å². The van der Waals surface area contributed by atoms with Crippen molar-refractivity contribution in [1.29, 1.82) is 0 Å². The minimum Gasteiger partial charge on any atom is -0.491 e. The average Bonchev–Trinajstić information content (AvgIpc) is 2.99. The van der Waals surface area contributed by atoms with Crippen molar-refractivity contribution >= 4 is 17.2 Å². The molecule has 2 aliphatic rings. The lowest BCUT2D eigenvalue weighted by Gasteiger charge is -2.26. The van der Waals surface area contributed by atoms with Crippen LogP contribution in [0.15, 0.2) is 29.6 Å². The lowest BCUT2D eigenvalue weighted by molar-refractivity contribution is 0.0910. The van der Waals surface area contributed by atoms with Gasteiger partial charge in [-0.1, -0.05) is 18.2 Å². The molecule has 0 aliphatic carbocycles. The number of carbonyl (C=O) groups excluding carboxylic acids is 1. The van der Waals surface area contributed by atoms with Gasteiger partial charge >= 0.3 is 0 Å². The van der Waals surface area contributed by atoms with E-state index >= 15 is 0 Å². The number of benzene rings is 1. The smallest absolute Gasteiger partial charge is 0.265 e. The van der Waals surface area contributed by atoms with Gasteiger partial charge in [0.2, 0.25) is 0 Å². The molecule has 0 radical (unpaired) electrons. The summed E-state index contributed by atoms with van der Waals surface area (Å²) in [5.41, 5.74) is 1.12. The minimum absolute atomic E-state index is 0.0374. The van der Waals surface area contributed by atoms with Crippen LogP contribution in [-0.2, 0) is 6.42 Å². The molecule has 1 N–H and O–H groups in total. The first-order chi connectivity index (χ1) is 10.8. The van der Waals surface area contributed by atoms with Crippen LogP contribution in [0.4, 0.5) is 0 Å². The van der Waals surface area contributed by atoms with Crippen molar-refractivity contribution in [1.82, 2.24) is 5.32 Å². The third kappa shape index (κ3) is 2.39. The molecule has 4 rings (SSSR count). The van der Waals surface area contributed by atoms with Crippen molar-refractivity contribution in [2.75, 3.05) is 19.8 Å². The summed E-state index contributed by atoms with van der Waals surface area (Å²) >= 11 is 1.34. The molecule has 6 heteroatoms. The van der Waals surface area contributed by atoms with E-state index in [9.17, 15) is 4.79 Å². The van der Waals surface area contributed by atoms with Gasteiger partial charge in [-0.2, -0.15) is 0 Å². The molecular formula is C16H15NO4S. The molecule has 114 valence electrons. The minimum atomic E-state index is -0.135. The largest absolute Gasteiger partial charge is 0.491 e. The van der Waals surface area contributed by atoms with Crippen LogP contribution in [0.5, 0.6) is 17.2 Å². The third-order valence-electron chi connectivity index (χ3n) is 3.72. The van der Waals surface area contributed by atoms with Crippen molar-refractivity contribution in [3.8, 4) is 17.2 Å². The van der Waals surface area contributed by atoms with Gasteiger partial charge in [-0.25, -0.2) is 0 Å². The molecule has 2 aromatic rings. The Balaban J connectivity index is 1.48. The van der Waals surface area contributed by atoms with Gasteiger partial charge < -0.3 is 19.5 Å². The molecule has 0 bridgehead atoms. The van der Waals surface area contributed by atoms with E-state index in [4.69, 9.17) is 14.2 Å². The first-order valence-corrected chi connectivity index (χ1v) is 8.08. The highest BCUT2D eigenvalue weighted by Gasteiger charge is 2.27. The van der Waals surface area contributed by atoms with Gasteiger partial charge in [-0.3, -0.25) is 4.79 Å². The number of rotatable bonds is 2. The number of para-hydroxylation sites is 1. The van der Waals surface area contributed by atoms with E-state index in [2.05, 4.69) is 5.32 Å². The monoisotopic (exact) mass is 317 g/mol. The normalized spacial score (nSPS) is 19.0. The number of nitrogens with one attached hydrogen (secondary N) is 1. The van der Waals surface area contributed by atoms with Crippen LogP contribution in [0, 0.1) is 0 Å². The maximum atomic E-state index is 12.5. The first-order valence-electron chi connectivity index (χ1n) is 7.20. The predicted molar refractivity (Wildman–Crippen MR) is 82.2 cm³/mol. The summed E-state index contributed by atoms with van der Waals surface area (Å²) in [6.07, 6.45) is 0.771. The highest BCUT2D eigenvalue weighted by molar-refractivity contribution is 7.12. The Bertz CT molecular complexity index is 712. The zero-order valence-corrected chi connectivity index (χ0v) is 12.7. The van der Waals surface area contributed by atoms with E-state index < -0.39 is 0 Å². The van der Waals surface area contributed by atoms with Crippen LogP contribution in [0.2, 0.25) is 0 Å². The van der Waals surface area contributed by atoms with Crippen molar-refractivity contribution in [2.24, 2.45) is 0 Å². The molecule has 0 fully saturated rings. The van der Waals surface area contributed by atoms with Gasteiger partial charge in [0, 0.05) is 5.38 Å². The van der Waals surface area contributed by atoms with E-state index in [-0.39, 0.29) is 11.9 Å². The van der Waals surface area contributed by atoms with Gasteiger partial charge in [0.05, 0.1) is 6.04 Å². The Morgan fingerprint density at radius 3 is 2.95 bits per heavy atom. The molecule has 3 heterocycles. The number of carbonyl (C=O) groups is 1. The molecule has 22 heavy (non-hydrogen) atoms. The Hall–Kier alpha value is -2.21. The van der Waals surface area contributed by atoms with Gasteiger partial charge in [-0.05, 0) is 18.1 Å². The van der Waals surface area contributed by atoms with Gasteiger partial charge in [0.1, 0.15) is 30.4 Å². The number of amides is 1. The molecule has 0 spiro atoms.